The molecule has 23 heteroatoms. The molecule has 0 aliphatic heterocycles. The van der Waals surface area contributed by atoms with Gasteiger partial charge < -0.3 is 31.9 Å². The van der Waals surface area contributed by atoms with E-state index in [1.54, 1.807) is 74.0 Å². The average molecular weight is 1160 g/mol. The summed E-state index contributed by atoms with van der Waals surface area (Å²) in [4.78, 5) is 27.3. The van der Waals surface area contributed by atoms with Crippen molar-refractivity contribution in [2.75, 3.05) is 51.2 Å². The zero-order valence-corrected chi connectivity index (χ0v) is 51.9. The van der Waals surface area contributed by atoms with E-state index < -0.39 is 29.9 Å². The smallest absolute Gasteiger partial charge is 0.243 e. The molecule has 3 aromatic carbocycles. The van der Waals surface area contributed by atoms with Crippen LogP contribution in [0.2, 0.25) is 0 Å². The summed E-state index contributed by atoms with van der Waals surface area (Å²) in [5.41, 5.74) is 4.85. The van der Waals surface area contributed by atoms with Crippen molar-refractivity contribution in [3.8, 4) is 0 Å². The predicted molar refractivity (Wildman–Crippen MR) is 325 cm³/mol. The molecule has 1 fully saturated rings. The Labute approximate surface area is 476 Å². The van der Waals surface area contributed by atoms with E-state index in [-0.39, 0.29) is 32.4 Å². The van der Waals surface area contributed by atoms with E-state index in [1.807, 2.05) is 115 Å². The molecule has 1 saturated carbocycles. The van der Waals surface area contributed by atoms with Gasteiger partial charge in [-0.15, -0.1) is 0 Å². The van der Waals surface area contributed by atoms with Gasteiger partial charge in [-0.05, 0) is 157 Å². The number of anilines is 9. The molecular weight excluding hydrogens is 1070 g/mol. The van der Waals surface area contributed by atoms with Crippen molar-refractivity contribution in [1.29, 1.82) is 0 Å². The molecule has 7 N–H and O–H groups in total. The molecule has 6 aromatic rings. The van der Waals surface area contributed by atoms with Crippen LogP contribution >= 0.6 is 0 Å². The van der Waals surface area contributed by atoms with Crippen LogP contribution < -0.4 is 36.6 Å². The Bertz CT molecular complexity index is 3400. The maximum Gasteiger partial charge on any atom is 0.243 e. The molecule has 0 spiro atoms. The van der Waals surface area contributed by atoms with Gasteiger partial charge in [0.1, 0.15) is 17.5 Å². The fraction of sp³-hybridized carbons (Fsp3) is 0.474. The fourth-order valence-corrected chi connectivity index (χ4v) is 11.9. The van der Waals surface area contributed by atoms with Crippen LogP contribution in [0.5, 0.6) is 0 Å². The number of aryl methyl sites for hydroxylation is 4. The number of nitrogens with zero attached hydrogens (tertiary/aromatic N) is 7. The minimum atomic E-state index is -3.55. The topological polar surface area (TPSA) is 267 Å². The molecule has 20 nitrogen and oxygen atoms in total. The van der Waals surface area contributed by atoms with Gasteiger partial charge in [0, 0.05) is 94.3 Å². The van der Waals surface area contributed by atoms with Crippen molar-refractivity contribution >= 4 is 82.2 Å². The van der Waals surface area contributed by atoms with Crippen molar-refractivity contribution in [3.63, 3.8) is 0 Å². The summed E-state index contributed by atoms with van der Waals surface area (Å²) in [6.07, 6.45) is 11.6. The van der Waals surface area contributed by atoms with Gasteiger partial charge in [0.05, 0.1) is 14.7 Å². The second-order valence-corrected chi connectivity index (χ2v) is 28.7. The van der Waals surface area contributed by atoms with Crippen LogP contribution in [0.3, 0.4) is 0 Å². The number of sulfone groups is 1. The van der Waals surface area contributed by atoms with Crippen LogP contribution in [0.25, 0.3) is 0 Å². The number of hydrogen-bond donors (Lipinski definition) is 7. The molecule has 80 heavy (non-hydrogen) atoms. The van der Waals surface area contributed by atoms with Gasteiger partial charge in [0.15, 0.2) is 9.84 Å². The highest BCUT2D eigenvalue weighted by Crippen LogP contribution is 2.28. The minimum Gasteiger partial charge on any atom is -0.350 e. The molecular formula is C57H84N14O6S3. The van der Waals surface area contributed by atoms with Gasteiger partial charge in [-0.25, -0.2) is 44.9 Å². The summed E-state index contributed by atoms with van der Waals surface area (Å²) < 4.78 is 79.1. The lowest BCUT2D eigenvalue weighted by molar-refractivity contribution is 0.412. The van der Waals surface area contributed by atoms with E-state index >= 15 is 0 Å². The Balaban J connectivity index is 0.000000222. The van der Waals surface area contributed by atoms with Crippen molar-refractivity contribution in [1.82, 2.24) is 38.9 Å². The predicted octanol–water partition coefficient (Wildman–Crippen LogP) is 11.6. The monoisotopic (exact) mass is 1160 g/mol. The Morgan fingerprint density at radius 1 is 0.512 bits per heavy atom. The Morgan fingerprint density at radius 3 is 1.29 bits per heavy atom. The maximum absolute atomic E-state index is 12.8. The third kappa shape index (κ3) is 19.9. The highest BCUT2D eigenvalue weighted by molar-refractivity contribution is 7.90. The summed E-state index contributed by atoms with van der Waals surface area (Å²) in [5.74, 6) is 3.47. The van der Waals surface area contributed by atoms with Gasteiger partial charge in [0.2, 0.25) is 37.9 Å². The van der Waals surface area contributed by atoms with E-state index in [9.17, 15) is 25.3 Å². The lowest BCUT2D eigenvalue weighted by atomic mass is 9.96. The van der Waals surface area contributed by atoms with Crippen molar-refractivity contribution in [3.05, 3.63) is 108 Å². The van der Waals surface area contributed by atoms with Crippen molar-refractivity contribution in [2.45, 2.75) is 173 Å². The third-order valence-electron chi connectivity index (χ3n) is 12.0. The van der Waals surface area contributed by atoms with Gasteiger partial charge in [-0.2, -0.15) is 19.3 Å². The molecule has 0 saturated heterocycles. The SMILES string of the molecule is CCN(CC)S(=O)(=O)c1cccc(Nc2nc(NC(C)(C)C)ncc2C)c1.Cc1ccc(Nc2nc(NC(C)(C)C)ncc2C)cc1S(C)(=O)=O.Cc1cnc(NC(C)(C)C)nc1Nc1cccc(S(=O)(=O)NC2CCCCC2)c1. The summed E-state index contributed by atoms with van der Waals surface area (Å²) in [6, 6.07) is 18.9. The number of aromatic nitrogens is 6. The zero-order chi connectivity index (χ0) is 59.4. The number of nitrogens with one attached hydrogen (secondary N) is 7. The second kappa shape index (κ2) is 26.8. The third-order valence-corrected chi connectivity index (χ3v) is 16.8. The van der Waals surface area contributed by atoms with Crippen LogP contribution in [0, 0.1) is 27.7 Å². The van der Waals surface area contributed by atoms with Gasteiger partial charge in [-0.3, -0.25) is 0 Å². The highest BCUT2D eigenvalue weighted by Gasteiger charge is 2.24. The molecule has 0 radical (unpaired) electrons. The van der Waals surface area contributed by atoms with Gasteiger partial charge in [0.25, 0.3) is 0 Å². The first-order chi connectivity index (χ1) is 37.1. The first-order valence-corrected chi connectivity index (χ1v) is 31.7. The highest BCUT2D eigenvalue weighted by atomic mass is 32.2. The number of rotatable bonds is 17. The number of hydrogen-bond acceptors (Lipinski definition) is 18. The number of benzene rings is 3. The molecule has 0 atom stereocenters. The summed E-state index contributed by atoms with van der Waals surface area (Å²) >= 11 is 0. The van der Waals surface area contributed by atoms with Crippen LogP contribution in [0.1, 0.15) is 131 Å². The van der Waals surface area contributed by atoms with E-state index in [1.165, 1.54) is 17.0 Å². The lowest BCUT2D eigenvalue weighted by Gasteiger charge is -2.23. The molecule has 1 aliphatic rings. The molecule has 3 heterocycles. The first kappa shape index (κ1) is 64.3. The average Bonchev–Trinajstić information content (AvgIpc) is 3.41. The van der Waals surface area contributed by atoms with Crippen LogP contribution in [0.4, 0.5) is 52.4 Å². The van der Waals surface area contributed by atoms with E-state index in [0.29, 0.717) is 70.3 Å². The quantitative estimate of drug-likeness (QED) is 0.0447. The second-order valence-electron chi connectivity index (χ2n) is 23.0. The van der Waals surface area contributed by atoms with E-state index in [4.69, 9.17) is 0 Å². The summed E-state index contributed by atoms with van der Waals surface area (Å²) in [7, 11) is -10.3. The largest absolute Gasteiger partial charge is 0.350 e. The summed E-state index contributed by atoms with van der Waals surface area (Å²) in [5, 5.41) is 19.3. The van der Waals surface area contributed by atoms with Crippen LogP contribution in [0.15, 0.2) is 100 Å². The van der Waals surface area contributed by atoms with E-state index in [2.05, 4.69) is 66.5 Å². The van der Waals surface area contributed by atoms with Crippen LogP contribution in [-0.4, -0.2) is 101 Å². The maximum atomic E-state index is 12.8. The zero-order valence-electron chi connectivity index (χ0n) is 49.4. The van der Waals surface area contributed by atoms with Crippen LogP contribution in [-0.2, 0) is 29.9 Å². The molecule has 7 rings (SSSR count). The minimum absolute atomic E-state index is 0.0282. The summed E-state index contributed by atoms with van der Waals surface area (Å²) in [6.45, 7) is 30.3. The van der Waals surface area contributed by atoms with Crippen molar-refractivity contribution in [2.24, 2.45) is 0 Å². The number of sulfonamides is 2. The fourth-order valence-electron chi connectivity index (χ4n) is 8.08. The molecule has 436 valence electrons. The van der Waals surface area contributed by atoms with E-state index in [0.717, 1.165) is 47.9 Å². The Hall–Kier alpha value is -6.53. The molecule has 0 bridgehead atoms. The molecule has 0 amide bonds. The molecule has 3 aromatic heterocycles. The Kier molecular flexibility index (Phi) is 21.6. The van der Waals surface area contributed by atoms with Gasteiger partial charge >= 0.3 is 0 Å². The van der Waals surface area contributed by atoms with Gasteiger partial charge in [-0.1, -0.05) is 51.3 Å². The molecule has 1 aliphatic carbocycles. The molecule has 0 unspecified atom stereocenters. The Morgan fingerprint density at radius 2 is 0.900 bits per heavy atom. The first-order valence-electron chi connectivity index (χ1n) is 26.8. The lowest BCUT2D eigenvalue weighted by Crippen LogP contribution is -2.36. The normalized spacial score (nSPS) is 13.5. The standard InChI is InChI=1S/C21H31N5O2S.C19H29N5O2S.C17H24N4O2S/c1-15-14-22-20(25-21(2,3)4)24-19(15)23-17-11-8-12-18(13-17)29(27,28)26-16-9-6-5-7-10-16;1-7-24(8-2)27(25,26)16-11-9-10-15(12-16)21-17-14(3)13-20-18(22-17)23-19(4,5)6;1-11-7-8-13(9-14(11)24(6,22)23)19-15-12(2)10-18-16(20-15)21-17(3,4)5/h8,11-14,16,26H,5-7,9-10H2,1-4H3,(H2,22,23,24,25);9-13H,7-8H2,1-6H3,(H2,20,21,22,23);7-10H,1-6H3,(H2,18,19,20,21). The van der Waals surface area contributed by atoms with Crippen molar-refractivity contribution < 1.29 is 25.3 Å².